The van der Waals surface area contributed by atoms with Gasteiger partial charge in [0.1, 0.15) is 0 Å². The SMILES string of the molecule is CO[C@@H]1CNC[C@H]1Nc1ccnc2ccc(C)cc12. The van der Waals surface area contributed by atoms with Crippen molar-refractivity contribution in [3.05, 3.63) is 36.0 Å². The van der Waals surface area contributed by atoms with Crippen LogP contribution in [0.3, 0.4) is 0 Å². The fraction of sp³-hybridized carbons (Fsp3) is 0.400. The topological polar surface area (TPSA) is 46.2 Å². The molecule has 19 heavy (non-hydrogen) atoms. The summed E-state index contributed by atoms with van der Waals surface area (Å²) in [6.45, 7) is 3.93. The van der Waals surface area contributed by atoms with Gasteiger partial charge in [-0.15, -0.1) is 0 Å². The molecule has 2 N–H and O–H groups in total. The third-order valence-electron chi connectivity index (χ3n) is 3.70. The number of methoxy groups -OCH3 is 1. The second-order valence-corrected chi connectivity index (χ2v) is 5.06. The van der Waals surface area contributed by atoms with E-state index in [2.05, 4.69) is 40.7 Å². The van der Waals surface area contributed by atoms with Gasteiger partial charge in [-0.3, -0.25) is 4.98 Å². The van der Waals surface area contributed by atoms with Gasteiger partial charge in [0.15, 0.2) is 0 Å². The number of anilines is 1. The maximum absolute atomic E-state index is 5.49. The van der Waals surface area contributed by atoms with Gasteiger partial charge in [0, 0.05) is 37.5 Å². The zero-order valence-corrected chi connectivity index (χ0v) is 11.3. The van der Waals surface area contributed by atoms with Gasteiger partial charge >= 0.3 is 0 Å². The van der Waals surface area contributed by atoms with Crippen molar-refractivity contribution in [2.75, 3.05) is 25.5 Å². The number of ether oxygens (including phenoxy) is 1. The van der Waals surface area contributed by atoms with Crippen LogP contribution < -0.4 is 10.6 Å². The molecule has 0 aliphatic carbocycles. The molecule has 4 nitrogen and oxygen atoms in total. The zero-order valence-electron chi connectivity index (χ0n) is 11.3. The first-order chi connectivity index (χ1) is 9.28. The van der Waals surface area contributed by atoms with Crippen LogP contribution in [0, 0.1) is 6.92 Å². The highest BCUT2D eigenvalue weighted by Gasteiger charge is 2.26. The van der Waals surface area contributed by atoms with Gasteiger partial charge in [0.2, 0.25) is 0 Å². The van der Waals surface area contributed by atoms with Crippen LogP contribution >= 0.6 is 0 Å². The van der Waals surface area contributed by atoms with Crippen molar-refractivity contribution >= 4 is 16.6 Å². The molecule has 0 unspecified atom stereocenters. The third-order valence-corrected chi connectivity index (χ3v) is 3.70. The molecule has 4 heteroatoms. The van der Waals surface area contributed by atoms with Crippen LogP contribution in [0.2, 0.25) is 0 Å². The Hall–Kier alpha value is -1.65. The van der Waals surface area contributed by atoms with Crippen LogP contribution in [0.5, 0.6) is 0 Å². The van der Waals surface area contributed by atoms with Crippen LogP contribution in [-0.4, -0.2) is 37.3 Å². The van der Waals surface area contributed by atoms with Gasteiger partial charge in [0.25, 0.3) is 0 Å². The summed E-state index contributed by atoms with van der Waals surface area (Å²) in [4.78, 5) is 4.41. The molecule has 0 saturated carbocycles. The molecule has 100 valence electrons. The summed E-state index contributed by atoms with van der Waals surface area (Å²) in [7, 11) is 1.77. The first-order valence-electron chi connectivity index (χ1n) is 6.63. The van der Waals surface area contributed by atoms with Gasteiger partial charge in [-0.25, -0.2) is 0 Å². The van der Waals surface area contributed by atoms with Crippen molar-refractivity contribution in [2.24, 2.45) is 0 Å². The average Bonchev–Trinajstić information content (AvgIpc) is 2.87. The summed E-state index contributed by atoms with van der Waals surface area (Å²) in [5.74, 6) is 0. The Kier molecular flexibility index (Phi) is 3.36. The average molecular weight is 257 g/mol. The molecule has 2 heterocycles. The van der Waals surface area contributed by atoms with Crippen molar-refractivity contribution in [3.8, 4) is 0 Å². The third kappa shape index (κ3) is 2.41. The van der Waals surface area contributed by atoms with Gasteiger partial charge in [-0.1, -0.05) is 11.6 Å². The first kappa shape index (κ1) is 12.4. The van der Waals surface area contributed by atoms with Crippen molar-refractivity contribution in [2.45, 2.75) is 19.1 Å². The minimum atomic E-state index is 0.216. The molecule has 0 spiro atoms. The predicted octanol–water partition coefficient (Wildman–Crippen LogP) is 1.94. The fourth-order valence-corrected chi connectivity index (χ4v) is 2.63. The lowest BCUT2D eigenvalue weighted by molar-refractivity contribution is 0.112. The molecule has 0 radical (unpaired) electrons. The molecule has 1 fully saturated rings. The number of rotatable bonds is 3. The molecule has 1 saturated heterocycles. The largest absolute Gasteiger partial charge is 0.378 e. The van der Waals surface area contributed by atoms with Crippen LogP contribution in [-0.2, 0) is 4.74 Å². The second-order valence-electron chi connectivity index (χ2n) is 5.06. The quantitative estimate of drug-likeness (QED) is 0.882. The first-order valence-corrected chi connectivity index (χ1v) is 6.63. The van der Waals surface area contributed by atoms with E-state index in [1.54, 1.807) is 7.11 Å². The van der Waals surface area contributed by atoms with Crippen LogP contribution in [0.4, 0.5) is 5.69 Å². The zero-order chi connectivity index (χ0) is 13.2. The predicted molar refractivity (Wildman–Crippen MR) is 77.6 cm³/mol. The van der Waals surface area contributed by atoms with Crippen LogP contribution in [0.1, 0.15) is 5.56 Å². The van der Waals surface area contributed by atoms with E-state index in [1.165, 1.54) is 10.9 Å². The Bertz CT molecular complexity index is 585. The van der Waals surface area contributed by atoms with E-state index in [0.29, 0.717) is 6.04 Å². The maximum Gasteiger partial charge on any atom is 0.0908 e. The van der Waals surface area contributed by atoms with Crippen molar-refractivity contribution < 1.29 is 4.74 Å². The molecule has 1 aliphatic heterocycles. The fourth-order valence-electron chi connectivity index (χ4n) is 2.63. The van der Waals surface area contributed by atoms with Crippen molar-refractivity contribution in [3.63, 3.8) is 0 Å². The van der Waals surface area contributed by atoms with E-state index in [-0.39, 0.29) is 6.10 Å². The lowest BCUT2D eigenvalue weighted by Crippen LogP contribution is -2.33. The number of aromatic nitrogens is 1. The summed E-state index contributed by atoms with van der Waals surface area (Å²) in [5.41, 5.74) is 3.40. The maximum atomic E-state index is 5.49. The minimum Gasteiger partial charge on any atom is -0.378 e. The van der Waals surface area contributed by atoms with Crippen molar-refractivity contribution in [1.82, 2.24) is 10.3 Å². The van der Waals surface area contributed by atoms with Gasteiger partial charge in [0.05, 0.1) is 17.7 Å². The molecule has 0 bridgehead atoms. The lowest BCUT2D eigenvalue weighted by Gasteiger charge is -2.20. The summed E-state index contributed by atoms with van der Waals surface area (Å²) in [6, 6.07) is 8.67. The minimum absolute atomic E-state index is 0.216. The highest BCUT2D eigenvalue weighted by molar-refractivity contribution is 5.91. The Morgan fingerprint density at radius 3 is 3.05 bits per heavy atom. The highest BCUT2D eigenvalue weighted by Crippen LogP contribution is 2.24. The van der Waals surface area contributed by atoms with Crippen LogP contribution in [0.15, 0.2) is 30.5 Å². The number of benzene rings is 1. The number of fused-ring (bicyclic) bond motifs is 1. The molecular weight excluding hydrogens is 238 g/mol. The van der Waals surface area contributed by atoms with E-state index >= 15 is 0 Å². The van der Waals surface area contributed by atoms with Crippen LogP contribution in [0.25, 0.3) is 10.9 Å². The molecule has 1 aromatic heterocycles. The standard InChI is InChI=1S/C15H19N3O/c1-10-3-4-12-11(7-10)13(5-6-17-12)18-14-8-16-9-15(14)19-2/h3-7,14-16H,8-9H2,1-2H3,(H,17,18)/t14-,15-/m1/s1. The molecular formula is C15H19N3O. The summed E-state index contributed by atoms with van der Waals surface area (Å²) < 4.78 is 5.49. The molecule has 2 aromatic rings. The van der Waals surface area contributed by atoms with E-state index in [9.17, 15) is 0 Å². The number of hydrogen-bond donors (Lipinski definition) is 2. The Morgan fingerprint density at radius 2 is 2.21 bits per heavy atom. The van der Waals surface area contributed by atoms with E-state index in [1.807, 2.05) is 12.3 Å². The molecule has 2 atom stereocenters. The highest BCUT2D eigenvalue weighted by atomic mass is 16.5. The number of aryl methyl sites for hydroxylation is 1. The number of pyridine rings is 1. The second kappa shape index (κ2) is 5.15. The molecule has 1 aliphatic rings. The lowest BCUT2D eigenvalue weighted by atomic mass is 10.1. The Balaban J connectivity index is 1.94. The van der Waals surface area contributed by atoms with Gasteiger partial charge in [-0.2, -0.15) is 0 Å². The molecule has 0 amide bonds. The van der Waals surface area contributed by atoms with E-state index in [4.69, 9.17) is 4.74 Å². The summed E-state index contributed by atoms with van der Waals surface area (Å²) in [6.07, 6.45) is 2.07. The smallest absolute Gasteiger partial charge is 0.0908 e. The Morgan fingerprint density at radius 1 is 1.32 bits per heavy atom. The number of nitrogens with one attached hydrogen (secondary N) is 2. The van der Waals surface area contributed by atoms with E-state index < -0.39 is 0 Å². The molecule has 1 aromatic carbocycles. The number of nitrogens with zero attached hydrogens (tertiary/aromatic N) is 1. The van der Waals surface area contributed by atoms with Gasteiger partial charge < -0.3 is 15.4 Å². The van der Waals surface area contributed by atoms with Crippen molar-refractivity contribution in [1.29, 1.82) is 0 Å². The Labute approximate surface area is 113 Å². The van der Waals surface area contributed by atoms with Gasteiger partial charge in [-0.05, 0) is 25.1 Å². The van der Waals surface area contributed by atoms with E-state index in [0.717, 1.165) is 24.3 Å². The normalized spacial score (nSPS) is 22.8. The summed E-state index contributed by atoms with van der Waals surface area (Å²) in [5, 5.41) is 8.11. The number of hydrogen-bond acceptors (Lipinski definition) is 4. The summed E-state index contributed by atoms with van der Waals surface area (Å²) >= 11 is 0. The molecule has 3 rings (SSSR count). The monoisotopic (exact) mass is 257 g/mol.